The zero-order chi connectivity index (χ0) is 24.7. The van der Waals surface area contributed by atoms with E-state index in [2.05, 4.69) is 10.6 Å². The molecule has 0 heterocycles. The van der Waals surface area contributed by atoms with Gasteiger partial charge in [-0.1, -0.05) is 48.5 Å². The van der Waals surface area contributed by atoms with Crippen molar-refractivity contribution < 1.29 is 22.6 Å². The second kappa shape index (κ2) is 15.0. The standard InChI is InChI=1S/C17H18F3NO.C10H15NO/c1-21-12-11-16(13-5-3-2-4-6-13)22-15-9-7-14(8-10-15)17(18,19)20;1-11-8-5-9-12-10-6-3-2-4-7-10/h2-10,16,21H,11-12H2,1H3;2-4,6-7,11H,5,8-9H2,1H3. The molecule has 34 heavy (non-hydrogen) atoms. The Morgan fingerprint density at radius 1 is 0.735 bits per heavy atom. The van der Waals surface area contributed by atoms with Gasteiger partial charge in [-0.15, -0.1) is 0 Å². The molecule has 184 valence electrons. The van der Waals surface area contributed by atoms with E-state index in [-0.39, 0.29) is 6.10 Å². The molecule has 0 aliphatic carbocycles. The maximum Gasteiger partial charge on any atom is 0.416 e. The van der Waals surface area contributed by atoms with Gasteiger partial charge in [0, 0.05) is 6.42 Å². The van der Waals surface area contributed by atoms with Gasteiger partial charge in [0.25, 0.3) is 0 Å². The van der Waals surface area contributed by atoms with Crippen molar-refractivity contribution in [1.29, 1.82) is 0 Å². The molecule has 0 bridgehead atoms. The summed E-state index contributed by atoms with van der Waals surface area (Å²) >= 11 is 0. The lowest BCUT2D eigenvalue weighted by atomic mass is 10.1. The van der Waals surface area contributed by atoms with E-state index in [0.29, 0.717) is 5.75 Å². The number of para-hydroxylation sites is 1. The van der Waals surface area contributed by atoms with E-state index in [4.69, 9.17) is 9.47 Å². The normalized spacial score (nSPS) is 11.8. The Morgan fingerprint density at radius 3 is 1.88 bits per heavy atom. The highest BCUT2D eigenvalue weighted by Gasteiger charge is 2.30. The minimum absolute atomic E-state index is 0.203. The van der Waals surface area contributed by atoms with Crippen LogP contribution >= 0.6 is 0 Å². The van der Waals surface area contributed by atoms with E-state index in [1.807, 2.05) is 74.8 Å². The summed E-state index contributed by atoms with van der Waals surface area (Å²) in [6.07, 6.45) is -2.76. The van der Waals surface area contributed by atoms with Gasteiger partial charge < -0.3 is 20.1 Å². The molecule has 0 aliphatic rings. The lowest BCUT2D eigenvalue weighted by Gasteiger charge is -2.20. The second-order valence-corrected chi connectivity index (χ2v) is 7.55. The van der Waals surface area contributed by atoms with E-state index in [1.54, 1.807) is 0 Å². The molecule has 0 saturated heterocycles. The van der Waals surface area contributed by atoms with Crippen LogP contribution in [0.4, 0.5) is 13.2 Å². The van der Waals surface area contributed by atoms with Gasteiger partial charge in [-0.2, -0.15) is 13.2 Å². The van der Waals surface area contributed by atoms with Crippen LogP contribution in [0.25, 0.3) is 0 Å². The third-order valence-corrected chi connectivity index (χ3v) is 4.87. The average molecular weight is 475 g/mol. The Kier molecular flexibility index (Phi) is 12.0. The van der Waals surface area contributed by atoms with Crippen LogP contribution in [0.2, 0.25) is 0 Å². The van der Waals surface area contributed by atoms with Crippen LogP contribution in [0.5, 0.6) is 11.5 Å². The van der Waals surface area contributed by atoms with Crippen LogP contribution in [-0.2, 0) is 6.18 Å². The maximum atomic E-state index is 12.6. The summed E-state index contributed by atoms with van der Waals surface area (Å²) in [5, 5.41) is 6.13. The third-order valence-electron chi connectivity index (χ3n) is 4.87. The number of nitrogens with one attached hydrogen (secondary N) is 2. The van der Waals surface area contributed by atoms with Gasteiger partial charge in [-0.3, -0.25) is 0 Å². The molecule has 0 radical (unpaired) electrons. The van der Waals surface area contributed by atoms with E-state index in [1.165, 1.54) is 12.1 Å². The van der Waals surface area contributed by atoms with Gasteiger partial charge in [0.15, 0.2) is 0 Å². The highest BCUT2D eigenvalue weighted by molar-refractivity contribution is 5.30. The van der Waals surface area contributed by atoms with E-state index >= 15 is 0 Å². The van der Waals surface area contributed by atoms with Crippen molar-refractivity contribution in [3.05, 3.63) is 96.1 Å². The zero-order valence-corrected chi connectivity index (χ0v) is 19.6. The van der Waals surface area contributed by atoms with E-state index < -0.39 is 11.7 Å². The molecule has 1 unspecified atom stereocenters. The molecule has 3 aromatic carbocycles. The summed E-state index contributed by atoms with van der Waals surface area (Å²) in [6.45, 7) is 2.54. The number of ether oxygens (including phenoxy) is 2. The number of alkyl halides is 3. The fraction of sp³-hybridized carbons (Fsp3) is 0.333. The predicted molar refractivity (Wildman–Crippen MR) is 130 cm³/mol. The van der Waals surface area contributed by atoms with Crippen LogP contribution in [0.3, 0.4) is 0 Å². The van der Waals surface area contributed by atoms with Gasteiger partial charge in [-0.05, 0) is 75.6 Å². The van der Waals surface area contributed by atoms with Crippen molar-refractivity contribution >= 4 is 0 Å². The molecule has 0 saturated carbocycles. The molecule has 3 rings (SSSR count). The summed E-state index contributed by atoms with van der Waals surface area (Å²) < 4.78 is 49.0. The lowest BCUT2D eigenvalue weighted by molar-refractivity contribution is -0.137. The van der Waals surface area contributed by atoms with Crippen LogP contribution in [-0.4, -0.2) is 33.8 Å². The summed E-state index contributed by atoms with van der Waals surface area (Å²) in [5.74, 6) is 1.38. The van der Waals surface area contributed by atoms with Crippen molar-refractivity contribution in [3.63, 3.8) is 0 Å². The fourth-order valence-electron chi connectivity index (χ4n) is 3.08. The highest BCUT2D eigenvalue weighted by Crippen LogP contribution is 2.31. The van der Waals surface area contributed by atoms with Crippen LogP contribution in [0, 0.1) is 0 Å². The van der Waals surface area contributed by atoms with Crippen molar-refractivity contribution in [1.82, 2.24) is 10.6 Å². The molecule has 3 aromatic rings. The minimum atomic E-state index is -4.33. The molecular weight excluding hydrogens is 441 g/mol. The van der Waals surface area contributed by atoms with Gasteiger partial charge in [0.1, 0.15) is 17.6 Å². The van der Waals surface area contributed by atoms with Crippen molar-refractivity contribution in [2.24, 2.45) is 0 Å². The van der Waals surface area contributed by atoms with Crippen LogP contribution in [0.1, 0.15) is 30.1 Å². The zero-order valence-electron chi connectivity index (χ0n) is 19.6. The summed E-state index contributed by atoms with van der Waals surface area (Å²) in [5.41, 5.74) is 0.323. The first-order valence-electron chi connectivity index (χ1n) is 11.3. The Morgan fingerprint density at radius 2 is 1.32 bits per heavy atom. The van der Waals surface area contributed by atoms with Gasteiger partial charge >= 0.3 is 6.18 Å². The molecule has 1 atom stereocenters. The summed E-state index contributed by atoms with van der Waals surface area (Å²) in [6, 6.07) is 24.3. The Balaban J connectivity index is 0.000000287. The topological polar surface area (TPSA) is 42.5 Å². The van der Waals surface area contributed by atoms with Gasteiger partial charge in [0.05, 0.1) is 12.2 Å². The summed E-state index contributed by atoms with van der Waals surface area (Å²) in [4.78, 5) is 0. The van der Waals surface area contributed by atoms with Crippen molar-refractivity contribution in [2.75, 3.05) is 33.8 Å². The first-order chi connectivity index (χ1) is 16.4. The van der Waals surface area contributed by atoms with E-state index in [0.717, 1.165) is 56.0 Å². The first kappa shape index (κ1) is 27.2. The highest BCUT2D eigenvalue weighted by atomic mass is 19.4. The van der Waals surface area contributed by atoms with Gasteiger partial charge in [0.2, 0.25) is 0 Å². The largest absolute Gasteiger partial charge is 0.494 e. The number of rotatable bonds is 11. The fourth-order valence-corrected chi connectivity index (χ4v) is 3.08. The number of benzene rings is 3. The molecule has 0 aliphatic heterocycles. The lowest BCUT2D eigenvalue weighted by Crippen LogP contribution is -2.16. The molecule has 0 amide bonds. The molecule has 0 aromatic heterocycles. The van der Waals surface area contributed by atoms with Crippen molar-refractivity contribution in [2.45, 2.75) is 25.1 Å². The second-order valence-electron chi connectivity index (χ2n) is 7.55. The SMILES string of the molecule is CNCCC(Oc1ccc(C(F)(F)F)cc1)c1ccccc1.CNCCCOc1ccccc1. The first-order valence-corrected chi connectivity index (χ1v) is 11.3. The molecule has 2 N–H and O–H groups in total. The average Bonchev–Trinajstić information content (AvgIpc) is 2.86. The smallest absolute Gasteiger partial charge is 0.416 e. The minimum Gasteiger partial charge on any atom is -0.494 e. The molecule has 0 spiro atoms. The monoisotopic (exact) mass is 474 g/mol. The molecule has 4 nitrogen and oxygen atoms in total. The van der Waals surface area contributed by atoms with E-state index in [9.17, 15) is 13.2 Å². The Bertz CT molecular complexity index is 905. The van der Waals surface area contributed by atoms with Crippen LogP contribution < -0.4 is 20.1 Å². The van der Waals surface area contributed by atoms with Gasteiger partial charge in [-0.25, -0.2) is 0 Å². The number of halogens is 3. The maximum absolute atomic E-state index is 12.6. The molecule has 0 fully saturated rings. The Labute approximate surface area is 200 Å². The number of hydrogen-bond donors (Lipinski definition) is 2. The molecule has 7 heteroatoms. The van der Waals surface area contributed by atoms with Crippen LogP contribution in [0.15, 0.2) is 84.9 Å². The predicted octanol–water partition coefficient (Wildman–Crippen LogP) is 6.11. The molecular formula is C27H33F3N2O2. The van der Waals surface area contributed by atoms with Crippen molar-refractivity contribution in [3.8, 4) is 11.5 Å². The quantitative estimate of drug-likeness (QED) is 0.329. The number of hydrogen-bond acceptors (Lipinski definition) is 4. The summed E-state index contributed by atoms with van der Waals surface area (Å²) in [7, 11) is 3.79. The Hall–Kier alpha value is -3.03. The third kappa shape index (κ3) is 10.3.